The fraction of sp³-hybridized carbons (Fsp3) is 0.312. The van der Waals surface area contributed by atoms with Crippen LogP contribution in [0.15, 0.2) is 39.7 Å². The number of benzene rings is 1. The van der Waals surface area contributed by atoms with Gasteiger partial charge in [-0.2, -0.15) is 4.98 Å². The van der Waals surface area contributed by atoms with Crippen LogP contribution in [0.1, 0.15) is 31.5 Å². The predicted octanol–water partition coefficient (Wildman–Crippen LogP) is 4.01. The highest BCUT2D eigenvalue weighted by Gasteiger charge is 2.36. The number of rotatable bonds is 3. The summed E-state index contributed by atoms with van der Waals surface area (Å²) < 4.78 is 5.44. The highest BCUT2D eigenvalue weighted by atomic mass is 35.5. The molecule has 120 valence electrons. The Kier molecular flexibility index (Phi) is 4.48. The van der Waals surface area contributed by atoms with Crippen LogP contribution in [0.25, 0.3) is 22.7 Å². The van der Waals surface area contributed by atoms with E-state index >= 15 is 0 Å². The molecule has 1 aliphatic rings. The number of nitrogens with two attached hydrogens (primary N) is 1. The van der Waals surface area contributed by atoms with E-state index < -0.39 is 5.54 Å². The minimum atomic E-state index is -0.422. The molecular weight excluding hydrogens is 332 g/mol. The van der Waals surface area contributed by atoms with Crippen molar-refractivity contribution in [3.8, 4) is 22.7 Å². The number of nitrogens with zero attached hydrogens (tertiary/aromatic N) is 3. The van der Waals surface area contributed by atoms with Crippen molar-refractivity contribution in [3.05, 3.63) is 41.0 Å². The first-order chi connectivity index (χ1) is 10.7. The quantitative estimate of drug-likeness (QED) is 0.773. The Morgan fingerprint density at radius 2 is 1.96 bits per heavy atom. The third-order valence-corrected chi connectivity index (χ3v) is 4.79. The van der Waals surface area contributed by atoms with Gasteiger partial charge in [0.1, 0.15) is 0 Å². The van der Waals surface area contributed by atoms with Crippen LogP contribution >= 0.6 is 23.7 Å². The van der Waals surface area contributed by atoms with Gasteiger partial charge in [0.15, 0.2) is 5.82 Å². The average Bonchev–Trinajstić information content (AvgIpc) is 3.29. The van der Waals surface area contributed by atoms with Gasteiger partial charge < -0.3 is 10.3 Å². The van der Waals surface area contributed by atoms with Gasteiger partial charge in [-0.3, -0.25) is 0 Å². The zero-order valence-corrected chi connectivity index (χ0v) is 14.1. The number of aromatic nitrogens is 3. The van der Waals surface area contributed by atoms with Crippen molar-refractivity contribution in [2.24, 2.45) is 5.73 Å². The van der Waals surface area contributed by atoms with Gasteiger partial charge in [0, 0.05) is 16.5 Å². The maximum absolute atomic E-state index is 6.39. The third-order valence-electron chi connectivity index (χ3n) is 4.20. The van der Waals surface area contributed by atoms with Gasteiger partial charge in [-0.1, -0.05) is 30.1 Å². The second-order valence-electron chi connectivity index (χ2n) is 5.74. The Morgan fingerprint density at radius 3 is 2.70 bits per heavy atom. The van der Waals surface area contributed by atoms with Crippen LogP contribution in [0.3, 0.4) is 0 Å². The highest BCUT2D eigenvalue weighted by Crippen LogP contribution is 2.35. The lowest BCUT2D eigenvalue weighted by atomic mass is 9.98. The molecule has 1 fully saturated rings. The van der Waals surface area contributed by atoms with E-state index in [0.717, 1.165) is 42.5 Å². The lowest BCUT2D eigenvalue weighted by molar-refractivity contribution is 0.372. The second kappa shape index (κ2) is 6.39. The zero-order valence-electron chi connectivity index (χ0n) is 12.4. The summed E-state index contributed by atoms with van der Waals surface area (Å²) in [4.78, 5) is 8.87. The molecule has 0 atom stereocenters. The van der Waals surface area contributed by atoms with Crippen molar-refractivity contribution < 1.29 is 4.52 Å². The van der Waals surface area contributed by atoms with Crippen molar-refractivity contribution in [2.45, 2.75) is 31.2 Å². The minimum Gasteiger partial charge on any atom is -0.334 e. The normalized spacial score (nSPS) is 16.2. The van der Waals surface area contributed by atoms with E-state index in [1.165, 1.54) is 0 Å². The van der Waals surface area contributed by atoms with Crippen LogP contribution in [0, 0.1) is 0 Å². The van der Waals surface area contributed by atoms with Gasteiger partial charge in [0.25, 0.3) is 5.89 Å². The molecule has 0 aliphatic heterocycles. The first-order valence-electron chi connectivity index (χ1n) is 7.37. The third kappa shape index (κ3) is 3.02. The molecule has 1 aliphatic carbocycles. The topological polar surface area (TPSA) is 77.8 Å². The molecule has 2 N–H and O–H groups in total. The van der Waals surface area contributed by atoms with Crippen molar-refractivity contribution in [3.63, 3.8) is 0 Å². The lowest BCUT2D eigenvalue weighted by Gasteiger charge is -2.17. The van der Waals surface area contributed by atoms with Gasteiger partial charge >= 0.3 is 0 Å². The highest BCUT2D eigenvalue weighted by molar-refractivity contribution is 7.07. The molecule has 0 radical (unpaired) electrons. The molecule has 1 aromatic carbocycles. The number of hydrogen-bond acceptors (Lipinski definition) is 6. The van der Waals surface area contributed by atoms with Gasteiger partial charge in [-0.25, -0.2) is 4.98 Å². The van der Waals surface area contributed by atoms with E-state index in [1.54, 1.807) is 11.3 Å². The van der Waals surface area contributed by atoms with Gasteiger partial charge in [-0.05, 0) is 25.0 Å². The van der Waals surface area contributed by atoms with E-state index in [4.69, 9.17) is 10.3 Å². The van der Waals surface area contributed by atoms with E-state index in [9.17, 15) is 0 Å². The van der Waals surface area contributed by atoms with Gasteiger partial charge in [0.2, 0.25) is 0 Å². The van der Waals surface area contributed by atoms with E-state index in [-0.39, 0.29) is 12.4 Å². The molecule has 5 nitrogen and oxygen atoms in total. The Hall–Kier alpha value is -1.76. The van der Waals surface area contributed by atoms with Crippen molar-refractivity contribution in [2.75, 3.05) is 0 Å². The number of thiazole rings is 1. The molecule has 2 heterocycles. The molecule has 23 heavy (non-hydrogen) atoms. The van der Waals surface area contributed by atoms with Crippen molar-refractivity contribution >= 4 is 23.7 Å². The number of hydrogen-bond donors (Lipinski definition) is 1. The van der Waals surface area contributed by atoms with Crippen LogP contribution in [-0.4, -0.2) is 15.1 Å². The number of halogens is 1. The summed E-state index contributed by atoms with van der Waals surface area (Å²) in [6.07, 6.45) is 4.09. The predicted molar refractivity (Wildman–Crippen MR) is 92.4 cm³/mol. The average molecular weight is 349 g/mol. The molecule has 1 saturated carbocycles. The summed E-state index contributed by atoms with van der Waals surface area (Å²) in [6.45, 7) is 0. The Balaban J connectivity index is 0.00000156. The summed E-state index contributed by atoms with van der Waals surface area (Å²) in [7, 11) is 0. The molecule has 4 rings (SSSR count). The summed E-state index contributed by atoms with van der Waals surface area (Å²) in [5.74, 6) is 1.14. The molecule has 7 heteroatoms. The van der Waals surface area contributed by atoms with Crippen LogP contribution in [-0.2, 0) is 5.54 Å². The van der Waals surface area contributed by atoms with Gasteiger partial charge in [0.05, 0.1) is 16.7 Å². The largest absolute Gasteiger partial charge is 0.334 e. The van der Waals surface area contributed by atoms with Crippen molar-refractivity contribution in [1.82, 2.24) is 15.1 Å². The maximum Gasteiger partial charge on any atom is 0.258 e. The van der Waals surface area contributed by atoms with Crippen LogP contribution in [0.5, 0.6) is 0 Å². The molecule has 2 aromatic heterocycles. The molecular formula is C16H17ClN4OS. The SMILES string of the molecule is Cl.NC1(c2noc(-c3cccc(-c4cscn4)c3)n2)CCCC1. The van der Waals surface area contributed by atoms with Crippen molar-refractivity contribution in [1.29, 1.82) is 0 Å². The van der Waals surface area contributed by atoms with Crippen LogP contribution < -0.4 is 5.73 Å². The molecule has 0 saturated heterocycles. The fourth-order valence-electron chi connectivity index (χ4n) is 2.94. The summed E-state index contributed by atoms with van der Waals surface area (Å²) in [5, 5.41) is 6.13. The molecule has 0 bridgehead atoms. The molecule has 3 aromatic rings. The Labute approximate surface area is 144 Å². The molecule has 0 unspecified atom stereocenters. The lowest BCUT2D eigenvalue weighted by Crippen LogP contribution is -2.34. The first kappa shape index (κ1) is 16.1. The van der Waals surface area contributed by atoms with Crippen LogP contribution in [0.4, 0.5) is 0 Å². The maximum atomic E-state index is 6.39. The Morgan fingerprint density at radius 1 is 1.17 bits per heavy atom. The zero-order chi connectivity index (χ0) is 15.0. The summed E-state index contributed by atoms with van der Waals surface area (Å²) in [5.41, 5.74) is 10.7. The van der Waals surface area contributed by atoms with Gasteiger partial charge in [-0.15, -0.1) is 23.7 Å². The van der Waals surface area contributed by atoms with Crippen LogP contribution in [0.2, 0.25) is 0 Å². The standard InChI is InChI=1S/C16H16N4OS.ClH/c17-16(6-1-2-7-16)15-19-14(21-20-15)12-5-3-4-11(8-12)13-9-22-10-18-13;/h3-5,8-10H,1-2,6-7,17H2;1H. The first-order valence-corrected chi connectivity index (χ1v) is 8.31. The van der Waals surface area contributed by atoms with E-state index in [1.807, 2.05) is 35.2 Å². The summed E-state index contributed by atoms with van der Waals surface area (Å²) >= 11 is 1.58. The molecule has 0 amide bonds. The minimum absolute atomic E-state index is 0. The molecule has 0 spiro atoms. The van der Waals surface area contributed by atoms with E-state index in [0.29, 0.717) is 11.7 Å². The monoisotopic (exact) mass is 348 g/mol. The smallest absolute Gasteiger partial charge is 0.258 e. The fourth-order valence-corrected chi connectivity index (χ4v) is 3.50. The Bertz CT molecular complexity index is 781. The second-order valence-corrected chi connectivity index (χ2v) is 6.46. The van der Waals surface area contributed by atoms with E-state index in [2.05, 4.69) is 15.1 Å². The summed E-state index contributed by atoms with van der Waals surface area (Å²) in [6, 6.07) is 7.98.